The molecule has 0 bridgehead atoms. The highest BCUT2D eigenvalue weighted by Gasteiger charge is 2.08. The van der Waals surface area contributed by atoms with Crippen LogP contribution in [0.1, 0.15) is 23.6 Å². The molecule has 0 radical (unpaired) electrons. The molecule has 0 aromatic heterocycles. The van der Waals surface area contributed by atoms with Gasteiger partial charge in [0.1, 0.15) is 5.82 Å². The maximum Gasteiger partial charge on any atom is 0.137 e. The third-order valence-corrected chi connectivity index (χ3v) is 4.33. The SMILES string of the molecule is Cc1ccc(Sc2ccc(CC(C)N)cc2F)c(C)c1. The van der Waals surface area contributed by atoms with Gasteiger partial charge in [0, 0.05) is 15.8 Å². The van der Waals surface area contributed by atoms with Gasteiger partial charge >= 0.3 is 0 Å². The van der Waals surface area contributed by atoms with Crippen LogP contribution in [0.4, 0.5) is 4.39 Å². The molecule has 0 aliphatic carbocycles. The number of halogens is 1. The molecule has 3 heteroatoms. The van der Waals surface area contributed by atoms with Gasteiger partial charge in [-0.25, -0.2) is 4.39 Å². The molecule has 1 unspecified atom stereocenters. The molecule has 0 aliphatic heterocycles. The standard InChI is InChI=1S/C17H20FNS/c1-11-4-6-16(12(2)8-11)20-17-7-5-14(9-13(3)19)10-15(17)18/h4-8,10,13H,9,19H2,1-3H3. The number of hydrogen-bond donors (Lipinski definition) is 1. The fourth-order valence-electron chi connectivity index (χ4n) is 2.16. The number of rotatable bonds is 4. The van der Waals surface area contributed by atoms with E-state index in [2.05, 4.69) is 26.0 Å². The first-order valence-corrected chi connectivity index (χ1v) is 7.56. The van der Waals surface area contributed by atoms with Gasteiger partial charge in [0.05, 0.1) is 0 Å². The summed E-state index contributed by atoms with van der Waals surface area (Å²) in [5.41, 5.74) is 9.09. The molecule has 0 fully saturated rings. The molecule has 20 heavy (non-hydrogen) atoms. The van der Waals surface area contributed by atoms with Crippen LogP contribution in [0, 0.1) is 19.7 Å². The van der Waals surface area contributed by atoms with Crippen LogP contribution >= 0.6 is 11.8 Å². The van der Waals surface area contributed by atoms with E-state index in [1.807, 2.05) is 25.1 Å². The molecule has 0 heterocycles. The molecule has 0 saturated carbocycles. The Morgan fingerprint density at radius 1 is 1.10 bits per heavy atom. The minimum Gasteiger partial charge on any atom is -0.328 e. The second-order valence-electron chi connectivity index (χ2n) is 5.32. The van der Waals surface area contributed by atoms with Gasteiger partial charge < -0.3 is 5.73 Å². The first-order valence-electron chi connectivity index (χ1n) is 6.75. The maximum absolute atomic E-state index is 14.1. The third-order valence-electron chi connectivity index (χ3n) is 3.10. The molecule has 2 aromatic carbocycles. The van der Waals surface area contributed by atoms with Crippen LogP contribution in [-0.4, -0.2) is 6.04 Å². The quantitative estimate of drug-likeness (QED) is 0.898. The highest BCUT2D eigenvalue weighted by Crippen LogP contribution is 2.32. The van der Waals surface area contributed by atoms with E-state index in [0.29, 0.717) is 11.3 Å². The molecule has 0 amide bonds. The van der Waals surface area contributed by atoms with Gasteiger partial charge in [-0.3, -0.25) is 0 Å². The summed E-state index contributed by atoms with van der Waals surface area (Å²) in [6.45, 7) is 6.04. The van der Waals surface area contributed by atoms with Crippen molar-refractivity contribution in [3.63, 3.8) is 0 Å². The molecule has 0 aliphatic rings. The Balaban J connectivity index is 2.21. The van der Waals surface area contributed by atoms with Gasteiger partial charge in [-0.1, -0.05) is 35.5 Å². The van der Waals surface area contributed by atoms with Crippen molar-refractivity contribution < 1.29 is 4.39 Å². The minimum absolute atomic E-state index is 0.0484. The van der Waals surface area contributed by atoms with Gasteiger partial charge in [-0.15, -0.1) is 0 Å². The zero-order valence-corrected chi connectivity index (χ0v) is 12.9. The van der Waals surface area contributed by atoms with Crippen molar-refractivity contribution in [2.45, 2.75) is 43.0 Å². The number of hydrogen-bond acceptors (Lipinski definition) is 2. The predicted octanol–water partition coefficient (Wildman–Crippen LogP) is 4.48. The number of nitrogens with two attached hydrogens (primary N) is 1. The van der Waals surface area contributed by atoms with E-state index in [1.165, 1.54) is 22.9 Å². The Morgan fingerprint density at radius 2 is 1.80 bits per heavy atom. The van der Waals surface area contributed by atoms with Gasteiger partial charge in [0.2, 0.25) is 0 Å². The fraction of sp³-hybridized carbons (Fsp3) is 0.294. The van der Waals surface area contributed by atoms with Crippen LogP contribution in [-0.2, 0) is 6.42 Å². The Kier molecular flexibility index (Phi) is 4.84. The molecule has 2 N–H and O–H groups in total. The molecule has 1 atom stereocenters. The lowest BCUT2D eigenvalue weighted by Crippen LogP contribution is -2.17. The van der Waals surface area contributed by atoms with Crippen molar-refractivity contribution in [2.75, 3.05) is 0 Å². The van der Waals surface area contributed by atoms with Crippen molar-refractivity contribution in [3.05, 3.63) is 58.9 Å². The second kappa shape index (κ2) is 6.42. The normalized spacial score (nSPS) is 12.4. The van der Waals surface area contributed by atoms with Crippen molar-refractivity contribution in [1.82, 2.24) is 0 Å². The van der Waals surface area contributed by atoms with Crippen LogP contribution < -0.4 is 5.73 Å². The van der Waals surface area contributed by atoms with E-state index >= 15 is 0 Å². The van der Waals surface area contributed by atoms with Gasteiger partial charge in [0.15, 0.2) is 0 Å². The summed E-state index contributed by atoms with van der Waals surface area (Å²) in [6, 6.07) is 11.7. The van der Waals surface area contributed by atoms with E-state index in [9.17, 15) is 4.39 Å². The van der Waals surface area contributed by atoms with E-state index in [4.69, 9.17) is 5.73 Å². The summed E-state index contributed by atoms with van der Waals surface area (Å²) in [6.07, 6.45) is 0.700. The monoisotopic (exact) mass is 289 g/mol. The lowest BCUT2D eigenvalue weighted by Gasteiger charge is -2.10. The van der Waals surface area contributed by atoms with Crippen LogP contribution in [0.2, 0.25) is 0 Å². The predicted molar refractivity (Wildman–Crippen MR) is 83.8 cm³/mol. The molecule has 2 rings (SSSR count). The third kappa shape index (κ3) is 3.84. The summed E-state index contributed by atoms with van der Waals surface area (Å²) < 4.78 is 14.1. The average Bonchev–Trinajstić information content (AvgIpc) is 2.34. The van der Waals surface area contributed by atoms with E-state index in [-0.39, 0.29) is 11.9 Å². The highest BCUT2D eigenvalue weighted by atomic mass is 32.2. The second-order valence-corrected chi connectivity index (χ2v) is 6.40. The largest absolute Gasteiger partial charge is 0.328 e. The van der Waals surface area contributed by atoms with Crippen molar-refractivity contribution in [2.24, 2.45) is 5.73 Å². The Hall–Kier alpha value is -1.32. The number of benzene rings is 2. The van der Waals surface area contributed by atoms with Crippen molar-refractivity contribution >= 4 is 11.8 Å². The summed E-state index contributed by atoms with van der Waals surface area (Å²) >= 11 is 1.47. The van der Waals surface area contributed by atoms with Gasteiger partial charge in [-0.05, 0) is 56.5 Å². The van der Waals surface area contributed by atoms with Gasteiger partial charge in [-0.2, -0.15) is 0 Å². The fourth-order valence-corrected chi connectivity index (χ4v) is 3.04. The van der Waals surface area contributed by atoms with Crippen molar-refractivity contribution in [3.8, 4) is 0 Å². The Labute approximate surface area is 124 Å². The summed E-state index contributed by atoms with van der Waals surface area (Å²) in [5.74, 6) is -0.173. The van der Waals surface area contributed by atoms with Crippen LogP contribution in [0.15, 0.2) is 46.2 Å². The van der Waals surface area contributed by atoms with Crippen LogP contribution in [0.5, 0.6) is 0 Å². The topological polar surface area (TPSA) is 26.0 Å². The summed E-state index contributed by atoms with van der Waals surface area (Å²) in [5, 5.41) is 0. The average molecular weight is 289 g/mol. The van der Waals surface area contributed by atoms with E-state index < -0.39 is 0 Å². The molecule has 1 nitrogen and oxygen atoms in total. The lowest BCUT2D eigenvalue weighted by molar-refractivity contribution is 0.597. The van der Waals surface area contributed by atoms with E-state index in [1.54, 1.807) is 6.07 Å². The zero-order valence-electron chi connectivity index (χ0n) is 12.1. The van der Waals surface area contributed by atoms with Crippen LogP contribution in [0.25, 0.3) is 0 Å². The molecule has 2 aromatic rings. The highest BCUT2D eigenvalue weighted by molar-refractivity contribution is 7.99. The lowest BCUT2D eigenvalue weighted by atomic mass is 10.1. The van der Waals surface area contributed by atoms with Gasteiger partial charge in [0.25, 0.3) is 0 Å². The number of aryl methyl sites for hydroxylation is 2. The Morgan fingerprint density at radius 3 is 2.40 bits per heavy atom. The smallest absolute Gasteiger partial charge is 0.137 e. The summed E-state index contributed by atoms with van der Waals surface area (Å²) in [7, 11) is 0. The Bertz CT molecular complexity index is 608. The molecule has 0 saturated heterocycles. The molecule has 106 valence electrons. The molecular formula is C17H20FNS. The first-order chi connectivity index (χ1) is 9.45. The van der Waals surface area contributed by atoms with E-state index in [0.717, 1.165) is 10.5 Å². The maximum atomic E-state index is 14.1. The van der Waals surface area contributed by atoms with Crippen molar-refractivity contribution in [1.29, 1.82) is 0 Å². The minimum atomic E-state index is -0.173. The first kappa shape index (κ1) is 15.1. The summed E-state index contributed by atoms with van der Waals surface area (Å²) in [4.78, 5) is 1.75. The van der Waals surface area contributed by atoms with Crippen LogP contribution in [0.3, 0.4) is 0 Å². The molecule has 0 spiro atoms. The molecular weight excluding hydrogens is 269 g/mol. The zero-order chi connectivity index (χ0) is 14.7.